The highest BCUT2D eigenvalue weighted by Gasteiger charge is 2.31. The van der Waals surface area contributed by atoms with Gasteiger partial charge >= 0.3 is 0 Å². The number of carbonyl (C=O) groups excluding carboxylic acids is 1. The molecule has 0 aliphatic rings. The summed E-state index contributed by atoms with van der Waals surface area (Å²) in [4.78, 5) is 13.2. The van der Waals surface area contributed by atoms with Crippen molar-refractivity contribution in [3.63, 3.8) is 0 Å². The zero-order valence-electron chi connectivity index (χ0n) is 19.5. The van der Waals surface area contributed by atoms with Crippen LogP contribution in [0.2, 0.25) is 0 Å². The van der Waals surface area contributed by atoms with E-state index in [2.05, 4.69) is 19.2 Å². The third-order valence-corrected chi connectivity index (χ3v) is 6.33. The molecular formula is C24H34N2O4S. The van der Waals surface area contributed by atoms with Crippen LogP contribution in [-0.2, 0) is 14.8 Å². The van der Waals surface area contributed by atoms with Crippen molar-refractivity contribution in [2.24, 2.45) is 5.92 Å². The van der Waals surface area contributed by atoms with Crippen molar-refractivity contribution in [3.8, 4) is 5.75 Å². The molecule has 1 N–H and O–H groups in total. The Balaban J connectivity index is 2.35. The molecule has 2 rings (SSSR count). The first kappa shape index (κ1) is 24.7. The molecule has 0 fully saturated rings. The topological polar surface area (TPSA) is 75.7 Å². The Kier molecular flexibility index (Phi) is 8.12. The molecule has 170 valence electrons. The van der Waals surface area contributed by atoms with E-state index < -0.39 is 16.1 Å². The minimum absolute atomic E-state index is 0.235. The van der Waals surface area contributed by atoms with Gasteiger partial charge in [0.1, 0.15) is 11.8 Å². The highest BCUT2D eigenvalue weighted by molar-refractivity contribution is 7.92. The van der Waals surface area contributed by atoms with Gasteiger partial charge in [0.2, 0.25) is 15.9 Å². The number of nitrogens with one attached hydrogen (secondary N) is 1. The number of nitrogens with zero attached hydrogens (tertiary/aromatic N) is 1. The van der Waals surface area contributed by atoms with Crippen molar-refractivity contribution >= 4 is 21.6 Å². The number of carbonyl (C=O) groups is 1. The summed E-state index contributed by atoms with van der Waals surface area (Å²) < 4.78 is 31.7. The minimum atomic E-state index is -3.67. The number of sulfonamides is 1. The molecule has 0 heterocycles. The van der Waals surface area contributed by atoms with Crippen molar-refractivity contribution in [2.75, 3.05) is 17.7 Å². The number of ether oxygens (including phenoxy) is 1. The van der Waals surface area contributed by atoms with E-state index in [4.69, 9.17) is 4.74 Å². The molecule has 0 radical (unpaired) electrons. The number of hydrogen-bond acceptors (Lipinski definition) is 4. The van der Waals surface area contributed by atoms with Gasteiger partial charge < -0.3 is 10.1 Å². The largest absolute Gasteiger partial charge is 0.497 e. The summed E-state index contributed by atoms with van der Waals surface area (Å²) in [5, 5.41) is 3.07. The molecule has 0 aromatic heterocycles. The predicted molar refractivity (Wildman–Crippen MR) is 126 cm³/mol. The molecule has 0 saturated carbocycles. The predicted octanol–water partition coefficient (Wildman–Crippen LogP) is 4.37. The molecule has 0 saturated heterocycles. The average Bonchev–Trinajstić information content (AvgIpc) is 2.65. The molecule has 31 heavy (non-hydrogen) atoms. The monoisotopic (exact) mass is 446 g/mol. The Hall–Kier alpha value is -2.54. The van der Waals surface area contributed by atoms with E-state index in [-0.39, 0.29) is 11.9 Å². The van der Waals surface area contributed by atoms with Gasteiger partial charge in [-0.2, -0.15) is 0 Å². The van der Waals surface area contributed by atoms with Crippen molar-refractivity contribution in [2.45, 2.75) is 53.1 Å². The summed E-state index contributed by atoms with van der Waals surface area (Å²) in [5.41, 5.74) is 3.32. The zero-order valence-corrected chi connectivity index (χ0v) is 20.3. The normalized spacial score (nSPS) is 13.5. The van der Waals surface area contributed by atoms with Crippen LogP contribution >= 0.6 is 0 Å². The zero-order chi connectivity index (χ0) is 23.3. The number of benzene rings is 2. The standard InChI is InChI=1S/C24H34N2O4S/c1-16(2)12-23(20-8-10-22(30-6)11-9-20)25-24(27)19(5)26(31(7,28)29)21-14-17(3)13-18(4)15-21/h8-11,13-16,19,23H,12H2,1-7H3,(H,25,27)/t19-,23+/m1/s1. The summed E-state index contributed by atoms with van der Waals surface area (Å²) in [6, 6.07) is 12.0. The van der Waals surface area contributed by atoms with Gasteiger partial charge in [0.05, 0.1) is 25.1 Å². The molecule has 2 atom stereocenters. The van der Waals surface area contributed by atoms with E-state index in [1.807, 2.05) is 44.2 Å². The lowest BCUT2D eigenvalue weighted by molar-refractivity contribution is -0.122. The van der Waals surface area contributed by atoms with Gasteiger partial charge in [-0.05, 0) is 74.1 Å². The van der Waals surface area contributed by atoms with Gasteiger partial charge in [0.15, 0.2) is 0 Å². The smallest absolute Gasteiger partial charge is 0.244 e. The van der Waals surface area contributed by atoms with Crippen LogP contribution in [0.5, 0.6) is 5.75 Å². The van der Waals surface area contributed by atoms with Crippen molar-refractivity contribution in [1.82, 2.24) is 5.32 Å². The maximum atomic E-state index is 13.2. The van der Waals surface area contributed by atoms with Crippen LogP contribution in [0.15, 0.2) is 42.5 Å². The first-order chi connectivity index (χ1) is 14.4. The van der Waals surface area contributed by atoms with Gasteiger partial charge in [0, 0.05) is 0 Å². The summed E-state index contributed by atoms with van der Waals surface area (Å²) in [7, 11) is -2.06. The Labute approximate surface area is 186 Å². The van der Waals surface area contributed by atoms with E-state index >= 15 is 0 Å². The maximum Gasteiger partial charge on any atom is 0.244 e. The molecule has 2 aromatic rings. The van der Waals surface area contributed by atoms with E-state index in [1.165, 1.54) is 4.31 Å². The fourth-order valence-corrected chi connectivity index (χ4v) is 4.92. The highest BCUT2D eigenvalue weighted by atomic mass is 32.2. The van der Waals surface area contributed by atoms with Gasteiger partial charge in [0.25, 0.3) is 0 Å². The van der Waals surface area contributed by atoms with Crippen LogP contribution in [-0.4, -0.2) is 33.7 Å². The number of hydrogen-bond donors (Lipinski definition) is 1. The van der Waals surface area contributed by atoms with Crippen LogP contribution in [0.25, 0.3) is 0 Å². The first-order valence-corrected chi connectivity index (χ1v) is 12.3. The molecule has 2 aromatic carbocycles. The van der Waals surface area contributed by atoms with Gasteiger partial charge in [-0.1, -0.05) is 32.0 Å². The molecule has 7 heteroatoms. The number of anilines is 1. The molecule has 0 unspecified atom stereocenters. The lowest BCUT2D eigenvalue weighted by Crippen LogP contribution is -2.48. The Morgan fingerprint density at radius 1 is 1.03 bits per heavy atom. The lowest BCUT2D eigenvalue weighted by atomic mass is 9.96. The molecule has 0 aliphatic heterocycles. The van der Waals surface area contributed by atoms with E-state index in [1.54, 1.807) is 26.2 Å². The highest BCUT2D eigenvalue weighted by Crippen LogP contribution is 2.26. The third-order valence-electron chi connectivity index (χ3n) is 5.09. The van der Waals surface area contributed by atoms with Crippen molar-refractivity contribution < 1.29 is 17.9 Å². The number of methoxy groups -OCH3 is 1. The average molecular weight is 447 g/mol. The van der Waals surface area contributed by atoms with Crippen LogP contribution in [0.1, 0.15) is 49.9 Å². The molecule has 0 bridgehead atoms. The second-order valence-electron chi connectivity index (χ2n) is 8.54. The van der Waals surface area contributed by atoms with Crippen LogP contribution < -0.4 is 14.4 Å². The summed E-state index contributed by atoms with van der Waals surface area (Å²) in [5.74, 6) is 0.740. The van der Waals surface area contributed by atoms with E-state index in [0.717, 1.165) is 35.1 Å². The molecular weight excluding hydrogens is 412 g/mol. The number of rotatable bonds is 9. The summed E-state index contributed by atoms with van der Waals surface area (Å²) >= 11 is 0. The van der Waals surface area contributed by atoms with Crippen molar-refractivity contribution in [3.05, 3.63) is 59.2 Å². The number of amides is 1. The Morgan fingerprint density at radius 3 is 2.03 bits per heavy atom. The molecule has 0 spiro atoms. The van der Waals surface area contributed by atoms with Gasteiger partial charge in [-0.3, -0.25) is 9.10 Å². The Bertz CT molecular complexity index is 980. The van der Waals surface area contributed by atoms with E-state index in [0.29, 0.717) is 11.6 Å². The van der Waals surface area contributed by atoms with E-state index in [9.17, 15) is 13.2 Å². The van der Waals surface area contributed by atoms with Crippen LogP contribution in [0, 0.1) is 19.8 Å². The van der Waals surface area contributed by atoms with Crippen LogP contribution in [0.3, 0.4) is 0 Å². The lowest BCUT2D eigenvalue weighted by Gasteiger charge is -2.31. The fourth-order valence-electron chi connectivity index (χ4n) is 3.76. The maximum absolute atomic E-state index is 13.2. The van der Waals surface area contributed by atoms with Crippen LogP contribution in [0.4, 0.5) is 5.69 Å². The minimum Gasteiger partial charge on any atom is -0.497 e. The summed E-state index contributed by atoms with van der Waals surface area (Å²) in [6.07, 6.45) is 1.86. The third kappa shape index (κ3) is 6.72. The first-order valence-electron chi connectivity index (χ1n) is 10.4. The molecule has 0 aliphatic carbocycles. The quantitative estimate of drug-likeness (QED) is 0.621. The van der Waals surface area contributed by atoms with Crippen molar-refractivity contribution in [1.29, 1.82) is 0 Å². The second kappa shape index (κ2) is 10.2. The van der Waals surface area contributed by atoms with Gasteiger partial charge in [-0.25, -0.2) is 8.42 Å². The van der Waals surface area contributed by atoms with Gasteiger partial charge in [-0.15, -0.1) is 0 Å². The summed E-state index contributed by atoms with van der Waals surface area (Å²) in [6.45, 7) is 9.61. The molecule has 1 amide bonds. The SMILES string of the molecule is COc1ccc([C@H](CC(C)C)NC(=O)[C@@H](C)N(c2cc(C)cc(C)c2)S(C)(=O)=O)cc1. The second-order valence-corrected chi connectivity index (χ2v) is 10.4. The number of aryl methyl sites for hydroxylation is 2. The Morgan fingerprint density at radius 2 is 1.58 bits per heavy atom. The molecule has 6 nitrogen and oxygen atoms in total. The fraction of sp³-hybridized carbons (Fsp3) is 0.458.